The van der Waals surface area contributed by atoms with Gasteiger partial charge in [-0.1, -0.05) is 48.5 Å². The monoisotopic (exact) mass is 343 g/mol. The molecule has 3 nitrogen and oxygen atoms in total. The van der Waals surface area contributed by atoms with E-state index in [1.165, 1.54) is 28.0 Å². The first-order chi connectivity index (χ1) is 12.6. The molecule has 2 heterocycles. The second-order valence-corrected chi connectivity index (χ2v) is 7.52. The molecule has 0 radical (unpaired) electrons. The van der Waals surface area contributed by atoms with Crippen LogP contribution in [0, 0.1) is 0 Å². The van der Waals surface area contributed by atoms with Gasteiger partial charge in [-0.15, -0.1) is 0 Å². The van der Waals surface area contributed by atoms with Gasteiger partial charge in [0.05, 0.1) is 0 Å². The second kappa shape index (κ2) is 6.78. The maximum Gasteiger partial charge on any atom is 0.199 e. The molecule has 2 aromatic carbocycles. The zero-order valence-corrected chi connectivity index (χ0v) is 15.4. The molecule has 132 valence electrons. The molecule has 2 aliphatic rings. The summed E-state index contributed by atoms with van der Waals surface area (Å²) in [6.07, 6.45) is 2.13. The van der Waals surface area contributed by atoms with Gasteiger partial charge < -0.3 is 16.8 Å². The van der Waals surface area contributed by atoms with Crippen LogP contribution in [0.1, 0.15) is 40.3 Å². The van der Waals surface area contributed by atoms with E-state index >= 15 is 0 Å². The van der Waals surface area contributed by atoms with Gasteiger partial charge in [-0.05, 0) is 59.1 Å². The molecule has 0 amide bonds. The Morgan fingerprint density at radius 1 is 1.19 bits per heavy atom. The Morgan fingerprint density at radius 2 is 2.00 bits per heavy atom. The minimum Gasteiger partial charge on any atom is -0.389 e. The summed E-state index contributed by atoms with van der Waals surface area (Å²) in [6.45, 7) is 7.84. The van der Waals surface area contributed by atoms with Crippen molar-refractivity contribution in [2.75, 3.05) is 0 Å². The van der Waals surface area contributed by atoms with E-state index in [0.717, 1.165) is 29.4 Å². The average Bonchev–Trinajstić information content (AvgIpc) is 3.07. The Bertz CT molecular complexity index is 900. The van der Waals surface area contributed by atoms with E-state index in [-0.39, 0.29) is 0 Å². The quantitative estimate of drug-likeness (QED) is 0.748. The van der Waals surface area contributed by atoms with Crippen LogP contribution in [0.15, 0.2) is 49.0 Å². The molecule has 4 rings (SSSR count). The zero-order chi connectivity index (χ0) is 18.3. The van der Waals surface area contributed by atoms with Crippen LogP contribution in [-0.2, 0) is 25.8 Å². The summed E-state index contributed by atoms with van der Waals surface area (Å²) >= 11 is 0. The van der Waals surface area contributed by atoms with Gasteiger partial charge in [0.25, 0.3) is 0 Å². The lowest BCUT2D eigenvalue weighted by Crippen LogP contribution is -2.42. The number of hydrogen-bond donors (Lipinski definition) is 3. The van der Waals surface area contributed by atoms with Crippen LogP contribution in [0.4, 0.5) is 0 Å². The highest BCUT2D eigenvalue weighted by atomic mass is 14.9. The topological polar surface area (TPSA) is 64.1 Å². The van der Waals surface area contributed by atoms with Crippen LogP contribution < -0.4 is 16.8 Å². The standard InChI is InChI=1S/C22H26BN3/c1-14(2)19-5-3-4-15-9-22-23(10-20(15)19)11-21(26-22)16-6-7-17(12-24)18(8-16)13-25/h3-8,11,22,26H,1,9-10,12-13,24-25H2,2H3. The molecule has 0 aromatic heterocycles. The molecule has 2 aliphatic heterocycles. The molecule has 26 heavy (non-hydrogen) atoms. The van der Waals surface area contributed by atoms with Crippen molar-refractivity contribution in [1.29, 1.82) is 0 Å². The third kappa shape index (κ3) is 2.89. The van der Waals surface area contributed by atoms with Crippen LogP contribution in [0.3, 0.4) is 0 Å². The Morgan fingerprint density at radius 3 is 2.73 bits per heavy atom. The molecule has 1 atom stereocenters. The van der Waals surface area contributed by atoms with Gasteiger partial charge in [-0.3, -0.25) is 0 Å². The van der Waals surface area contributed by atoms with Crippen molar-refractivity contribution >= 4 is 18.0 Å². The predicted octanol–water partition coefficient (Wildman–Crippen LogP) is 2.86. The highest BCUT2D eigenvalue weighted by molar-refractivity contribution is 6.68. The van der Waals surface area contributed by atoms with Crippen molar-refractivity contribution in [3.8, 4) is 0 Å². The lowest BCUT2D eigenvalue weighted by atomic mass is 9.39. The molecular weight excluding hydrogens is 317 g/mol. The zero-order valence-electron chi connectivity index (χ0n) is 15.4. The third-order valence-electron chi connectivity index (χ3n) is 5.81. The van der Waals surface area contributed by atoms with Gasteiger partial charge in [0.15, 0.2) is 6.71 Å². The number of nitrogens with one attached hydrogen (secondary N) is 1. The first kappa shape index (κ1) is 17.1. The summed E-state index contributed by atoms with van der Waals surface area (Å²) < 4.78 is 0. The van der Waals surface area contributed by atoms with E-state index in [1.54, 1.807) is 0 Å². The predicted molar refractivity (Wildman–Crippen MR) is 111 cm³/mol. The Balaban J connectivity index is 1.64. The normalized spacial score (nSPS) is 18.0. The fraction of sp³-hybridized carbons (Fsp3) is 0.273. The lowest BCUT2D eigenvalue weighted by molar-refractivity contribution is 0.749. The molecule has 0 aliphatic carbocycles. The number of allylic oxidation sites excluding steroid dienone is 1. The second-order valence-electron chi connectivity index (χ2n) is 7.52. The third-order valence-corrected chi connectivity index (χ3v) is 5.81. The first-order valence-corrected chi connectivity index (χ1v) is 9.38. The van der Waals surface area contributed by atoms with E-state index in [4.69, 9.17) is 11.5 Å². The maximum absolute atomic E-state index is 5.91. The molecule has 4 heteroatoms. The molecular formula is C22H26BN3. The molecule has 0 saturated carbocycles. The maximum atomic E-state index is 5.91. The Hall–Kier alpha value is -2.30. The van der Waals surface area contributed by atoms with Gasteiger partial charge >= 0.3 is 0 Å². The van der Waals surface area contributed by atoms with Gasteiger partial charge in [-0.2, -0.15) is 0 Å². The summed E-state index contributed by atoms with van der Waals surface area (Å²) in [5.41, 5.74) is 21.8. The van der Waals surface area contributed by atoms with E-state index in [0.29, 0.717) is 25.7 Å². The molecule has 0 bridgehead atoms. The van der Waals surface area contributed by atoms with E-state index < -0.39 is 0 Å². The van der Waals surface area contributed by atoms with Gasteiger partial charge in [-0.25, -0.2) is 0 Å². The van der Waals surface area contributed by atoms with Crippen LogP contribution in [0.5, 0.6) is 0 Å². The molecule has 0 saturated heterocycles. The molecule has 5 N–H and O–H groups in total. The first-order valence-electron chi connectivity index (χ1n) is 9.38. The minimum atomic E-state index is 0.466. The summed E-state index contributed by atoms with van der Waals surface area (Å²) in [5, 5.41) is 3.75. The van der Waals surface area contributed by atoms with Crippen molar-refractivity contribution < 1.29 is 0 Å². The van der Waals surface area contributed by atoms with Crippen molar-refractivity contribution in [2.24, 2.45) is 11.5 Å². The van der Waals surface area contributed by atoms with Crippen LogP contribution >= 0.6 is 0 Å². The number of benzene rings is 2. The summed E-state index contributed by atoms with van der Waals surface area (Å²) in [6, 6.07) is 13.1. The molecule has 1 unspecified atom stereocenters. The van der Waals surface area contributed by atoms with Crippen molar-refractivity contribution in [1.82, 2.24) is 5.32 Å². The minimum absolute atomic E-state index is 0.466. The van der Waals surface area contributed by atoms with Crippen LogP contribution in [-0.4, -0.2) is 12.7 Å². The van der Waals surface area contributed by atoms with Crippen molar-refractivity contribution in [2.45, 2.75) is 38.7 Å². The van der Waals surface area contributed by atoms with Crippen LogP contribution in [0.2, 0.25) is 0 Å². The summed E-state index contributed by atoms with van der Waals surface area (Å²) in [5.74, 6) is 2.87. The Kier molecular flexibility index (Phi) is 4.47. The van der Waals surface area contributed by atoms with E-state index in [2.05, 4.69) is 61.2 Å². The molecule has 2 aromatic rings. The number of hydrogen-bond acceptors (Lipinski definition) is 3. The number of rotatable bonds is 4. The Labute approximate surface area is 156 Å². The summed E-state index contributed by atoms with van der Waals surface area (Å²) in [4.78, 5) is 0. The lowest BCUT2D eigenvalue weighted by Gasteiger charge is -2.28. The highest BCUT2D eigenvalue weighted by Gasteiger charge is 2.36. The number of nitrogens with two attached hydrogens (primary N) is 2. The highest BCUT2D eigenvalue weighted by Crippen LogP contribution is 2.33. The largest absolute Gasteiger partial charge is 0.389 e. The van der Waals surface area contributed by atoms with E-state index in [1.807, 2.05) is 0 Å². The van der Waals surface area contributed by atoms with Gasteiger partial charge in [0, 0.05) is 24.7 Å². The van der Waals surface area contributed by atoms with E-state index in [9.17, 15) is 0 Å². The fourth-order valence-electron chi connectivity index (χ4n) is 4.39. The number of fused-ring (bicyclic) bond motifs is 2. The fourth-order valence-corrected chi connectivity index (χ4v) is 4.39. The average molecular weight is 343 g/mol. The van der Waals surface area contributed by atoms with Crippen molar-refractivity contribution in [3.05, 3.63) is 82.3 Å². The summed E-state index contributed by atoms with van der Waals surface area (Å²) in [7, 11) is 0. The molecule has 0 spiro atoms. The van der Waals surface area contributed by atoms with Gasteiger partial charge in [0.1, 0.15) is 0 Å². The van der Waals surface area contributed by atoms with Gasteiger partial charge in [0.2, 0.25) is 0 Å². The van der Waals surface area contributed by atoms with Crippen LogP contribution in [0.25, 0.3) is 11.3 Å². The molecule has 0 fully saturated rings. The smallest absolute Gasteiger partial charge is 0.199 e. The van der Waals surface area contributed by atoms with Crippen molar-refractivity contribution in [3.63, 3.8) is 0 Å². The SMILES string of the molecule is C=C(C)c1cccc2c1CB1C=C(c3ccc(CN)c(CN)c3)NC1C2.